The van der Waals surface area contributed by atoms with Crippen molar-refractivity contribution in [3.63, 3.8) is 0 Å². The minimum Gasteiger partial charge on any atom is -0.549 e. The molecule has 0 aromatic rings. The molecule has 10 N–H and O–H groups in total. The standard InChI is InChI=1S/C10H16N2O8.Cu.H4N2.H2O/c13-7(14)3-11(4-8(15)16)1-2-12(5-9(17)18)6-10(19)20;;1-2;/h1-6H2,(H,13,14)(H,15,16)(H,17,18)(H,19,20);;1-2H2;1H2. The summed E-state index contributed by atoms with van der Waals surface area (Å²) in [4.78, 5) is 44.1. The summed E-state index contributed by atoms with van der Waals surface area (Å²) in [6.07, 6.45) is 0. The second-order valence-corrected chi connectivity index (χ2v) is 3.97. The van der Waals surface area contributed by atoms with E-state index < -0.39 is 50.1 Å². The number of carbonyl (C=O) groups is 4. The van der Waals surface area contributed by atoms with E-state index in [1.807, 2.05) is 0 Å². The first-order valence-electron chi connectivity index (χ1n) is 5.91. The van der Waals surface area contributed by atoms with Crippen molar-refractivity contribution < 1.29 is 68.0 Å². The maximum absolute atomic E-state index is 10.5. The van der Waals surface area contributed by atoms with Gasteiger partial charge in [0.05, 0.1) is 25.6 Å². The van der Waals surface area contributed by atoms with E-state index in [1.165, 1.54) is 0 Å². The molecular formula is C10H22CuN4O9. The van der Waals surface area contributed by atoms with Crippen LogP contribution in [0.25, 0.3) is 0 Å². The monoisotopic (exact) mass is 405 g/mol. The van der Waals surface area contributed by atoms with E-state index in [0.29, 0.717) is 0 Å². The topological polar surface area (TPSA) is 244 Å². The van der Waals surface area contributed by atoms with Gasteiger partial charge in [-0.2, -0.15) is 5.84 Å². The van der Waals surface area contributed by atoms with Crippen molar-refractivity contribution in [2.75, 3.05) is 39.3 Å². The number of carboxylic acid groups (broad SMARTS) is 4. The fraction of sp³-hybridized carbons (Fsp3) is 0.600. The molecule has 0 heterocycles. The quantitative estimate of drug-likeness (QED) is 0.123. The van der Waals surface area contributed by atoms with Gasteiger partial charge in [-0.15, -0.1) is 0 Å². The van der Waals surface area contributed by atoms with E-state index in [1.54, 1.807) is 0 Å². The molecule has 0 rings (SSSR count). The number of hydrogen-bond acceptors (Lipinski definition) is 8. The zero-order valence-corrected chi connectivity index (χ0v) is 13.5. The zero-order chi connectivity index (χ0) is 17.7. The molecule has 0 aliphatic carbocycles. The van der Waals surface area contributed by atoms with Crippen LogP contribution in [0.1, 0.15) is 0 Å². The van der Waals surface area contributed by atoms with Gasteiger partial charge in [0.15, 0.2) is 0 Å². The summed E-state index contributed by atoms with van der Waals surface area (Å²) < 4.78 is 0. The number of carboxylic acids is 4. The molecule has 0 bridgehead atoms. The fourth-order valence-electron chi connectivity index (χ4n) is 1.47. The van der Waals surface area contributed by atoms with Gasteiger partial charge < -0.3 is 30.7 Å². The molecule has 24 heavy (non-hydrogen) atoms. The van der Waals surface area contributed by atoms with Gasteiger partial charge in [-0.25, -0.2) is 0 Å². The van der Waals surface area contributed by atoms with Gasteiger partial charge in [0.1, 0.15) is 0 Å². The van der Waals surface area contributed by atoms with E-state index in [-0.39, 0.29) is 35.6 Å². The number of aliphatic carboxylic acids is 4. The van der Waals surface area contributed by atoms with Gasteiger partial charge in [-0.3, -0.25) is 30.0 Å². The van der Waals surface area contributed by atoms with Crippen LogP contribution in [0.15, 0.2) is 0 Å². The molecule has 0 amide bonds. The Bertz CT molecular complexity index is 329. The Labute approximate surface area is 147 Å². The van der Waals surface area contributed by atoms with Crippen molar-refractivity contribution in [1.29, 1.82) is 0 Å². The Morgan fingerprint density at radius 1 is 0.792 bits per heavy atom. The predicted molar refractivity (Wildman–Crippen MR) is 71.5 cm³/mol. The molecule has 0 saturated carbocycles. The Morgan fingerprint density at radius 3 is 1.25 bits per heavy atom. The largest absolute Gasteiger partial charge is 0.549 e. The molecule has 14 heteroatoms. The van der Waals surface area contributed by atoms with Crippen molar-refractivity contribution in [2.45, 2.75) is 0 Å². The minimum absolute atomic E-state index is 0. The first-order valence-corrected chi connectivity index (χ1v) is 5.91. The van der Waals surface area contributed by atoms with Crippen LogP contribution in [-0.4, -0.2) is 93.7 Å². The predicted octanol–water partition coefficient (Wildman–Crippen LogP) is -6.13. The third kappa shape index (κ3) is 20.2. The summed E-state index contributed by atoms with van der Waals surface area (Å²) in [5.41, 5.74) is 0. The first kappa shape index (κ1) is 30.1. The molecular weight excluding hydrogens is 384 g/mol. The van der Waals surface area contributed by atoms with E-state index in [2.05, 4.69) is 11.7 Å². The maximum Gasteiger partial charge on any atom is 0.317 e. The summed E-state index contributed by atoms with van der Waals surface area (Å²) in [6.45, 7) is -2.50. The third-order valence-corrected chi connectivity index (χ3v) is 2.16. The third-order valence-electron chi connectivity index (χ3n) is 2.16. The maximum atomic E-state index is 10.5. The molecule has 1 radical (unpaired) electrons. The number of nitrogens with zero attached hydrogens (tertiary/aromatic N) is 2. The number of carbonyl (C=O) groups excluding carboxylic acids is 1. The molecule has 0 saturated heterocycles. The van der Waals surface area contributed by atoms with Gasteiger partial charge >= 0.3 is 17.9 Å². The first-order chi connectivity index (χ1) is 10.2. The van der Waals surface area contributed by atoms with E-state index in [9.17, 15) is 24.3 Å². The molecule has 0 unspecified atom stereocenters. The molecule has 0 atom stereocenters. The molecule has 0 aliphatic rings. The van der Waals surface area contributed by atoms with Crippen LogP contribution in [0.2, 0.25) is 0 Å². The van der Waals surface area contributed by atoms with Gasteiger partial charge in [0.25, 0.3) is 0 Å². The Balaban J connectivity index is -0.000000480. The molecule has 147 valence electrons. The Morgan fingerprint density at radius 2 is 1.04 bits per heavy atom. The fourth-order valence-corrected chi connectivity index (χ4v) is 1.47. The second-order valence-electron chi connectivity index (χ2n) is 3.97. The molecule has 0 fully saturated rings. The van der Waals surface area contributed by atoms with Gasteiger partial charge in [-0.1, -0.05) is 0 Å². The van der Waals surface area contributed by atoms with Crippen LogP contribution < -0.4 is 16.8 Å². The van der Waals surface area contributed by atoms with Gasteiger partial charge in [-0.05, 0) is 0 Å². The van der Waals surface area contributed by atoms with Crippen molar-refractivity contribution in [3.05, 3.63) is 0 Å². The van der Waals surface area contributed by atoms with Crippen molar-refractivity contribution in [1.82, 2.24) is 9.80 Å². The molecule has 0 aromatic carbocycles. The number of rotatable bonds is 11. The molecule has 0 aliphatic heterocycles. The average Bonchev–Trinajstić information content (AvgIpc) is 2.35. The summed E-state index contributed by atoms with van der Waals surface area (Å²) in [7, 11) is 0. The summed E-state index contributed by atoms with van der Waals surface area (Å²) in [5, 5.41) is 36.3. The van der Waals surface area contributed by atoms with Crippen LogP contribution in [0, 0.1) is 0 Å². The zero-order valence-electron chi connectivity index (χ0n) is 12.6. The van der Waals surface area contributed by atoms with E-state index >= 15 is 0 Å². The SMILES string of the molecule is N[NH3+].O.O=C([O-])CN(CCN(CC(=O)O)CC(=O)O)CC(=O)O.[Cu]. The number of hydrogen-bond donors (Lipinski definition) is 5. The minimum atomic E-state index is -1.48. The van der Waals surface area contributed by atoms with Gasteiger partial charge in [0, 0.05) is 36.7 Å². The normalized spacial score (nSPS) is 9.17. The van der Waals surface area contributed by atoms with Crippen LogP contribution in [-0.2, 0) is 36.2 Å². The van der Waals surface area contributed by atoms with Crippen molar-refractivity contribution in [3.8, 4) is 0 Å². The summed E-state index contributed by atoms with van der Waals surface area (Å²) in [6, 6.07) is 0. The second kappa shape index (κ2) is 17.6. The number of quaternary nitrogens is 1. The van der Waals surface area contributed by atoms with Crippen molar-refractivity contribution >= 4 is 23.9 Å². The smallest absolute Gasteiger partial charge is 0.317 e. The van der Waals surface area contributed by atoms with Crippen LogP contribution in [0.3, 0.4) is 0 Å². The average molecular weight is 406 g/mol. The van der Waals surface area contributed by atoms with E-state index in [0.717, 1.165) is 9.80 Å². The van der Waals surface area contributed by atoms with E-state index in [4.69, 9.17) is 15.3 Å². The molecule has 0 aromatic heterocycles. The van der Waals surface area contributed by atoms with Gasteiger partial charge in [0.2, 0.25) is 0 Å². The Hall–Kier alpha value is -1.80. The van der Waals surface area contributed by atoms with Crippen LogP contribution in [0.4, 0.5) is 0 Å². The molecule has 13 nitrogen and oxygen atoms in total. The van der Waals surface area contributed by atoms with Crippen LogP contribution >= 0.6 is 0 Å². The summed E-state index contributed by atoms with van der Waals surface area (Å²) >= 11 is 0. The summed E-state index contributed by atoms with van der Waals surface area (Å²) in [5.74, 6) is 1.79. The van der Waals surface area contributed by atoms with Crippen molar-refractivity contribution in [2.24, 2.45) is 5.84 Å². The Kier molecular flexibility index (Phi) is 22.0. The van der Waals surface area contributed by atoms with Crippen LogP contribution in [0.5, 0.6) is 0 Å². The molecule has 0 spiro atoms. The number of nitrogens with two attached hydrogens (primary N) is 1.